The summed E-state index contributed by atoms with van der Waals surface area (Å²) in [6.45, 7) is 0. The molecule has 0 unspecified atom stereocenters. The van der Waals surface area contributed by atoms with Crippen molar-refractivity contribution >= 4 is 24.0 Å². The van der Waals surface area contributed by atoms with E-state index < -0.39 is 18.0 Å². The Morgan fingerprint density at radius 3 is 2.40 bits per heavy atom. The molecular weight excluding hydrogens is 300 g/mol. The van der Waals surface area contributed by atoms with Crippen LogP contribution in [0.25, 0.3) is 0 Å². The minimum atomic E-state index is -0.849. The van der Waals surface area contributed by atoms with E-state index in [1.165, 1.54) is 12.1 Å². The van der Waals surface area contributed by atoms with Gasteiger partial charge >= 0.3 is 0 Å². The molecule has 2 rings (SSSR count). The smallest absolute Gasteiger partial charge is 0.129 e. The number of hydrogen-bond donors (Lipinski definition) is 2. The lowest BCUT2D eigenvalue weighted by Gasteiger charge is -2.20. The summed E-state index contributed by atoms with van der Waals surface area (Å²) in [5, 5.41) is 10.4. The highest BCUT2D eigenvalue weighted by Crippen LogP contribution is 2.23. The molecule has 2 aromatic rings. The summed E-state index contributed by atoms with van der Waals surface area (Å²) in [5.41, 5.74) is 7.13. The minimum absolute atomic E-state index is 0. The van der Waals surface area contributed by atoms with E-state index in [0.29, 0.717) is 11.4 Å². The quantitative estimate of drug-likeness (QED) is 0.907. The van der Waals surface area contributed by atoms with E-state index in [9.17, 15) is 9.50 Å². The molecule has 0 aliphatic carbocycles. The molecule has 0 spiro atoms. The van der Waals surface area contributed by atoms with Crippen molar-refractivity contribution in [3.8, 4) is 0 Å². The second-order valence-electron chi connectivity index (χ2n) is 4.45. The Kier molecular flexibility index (Phi) is 6.43. The largest absolute Gasteiger partial charge is 0.391 e. The molecule has 2 atom stereocenters. The van der Waals surface area contributed by atoms with Gasteiger partial charge in [-0.1, -0.05) is 48.0 Å². The van der Waals surface area contributed by atoms with E-state index in [4.69, 9.17) is 17.3 Å². The van der Waals surface area contributed by atoms with Gasteiger partial charge in [-0.05, 0) is 17.7 Å². The van der Waals surface area contributed by atoms with E-state index in [2.05, 4.69) is 0 Å². The van der Waals surface area contributed by atoms with Crippen LogP contribution in [0.15, 0.2) is 48.5 Å². The van der Waals surface area contributed by atoms with Gasteiger partial charge in [0.1, 0.15) is 5.82 Å². The number of aliphatic hydroxyl groups is 1. The lowest BCUT2D eigenvalue weighted by atomic mass is 9.96. The van der Waals surface area contributed by atoms with Crippen molar-refractivity contribution in [2.24, 2.45) is 5.73 Å². The number of nitrogens with two attached hydrogens (primary N) is 1. The van der Waals surface area contributed by atoms with Crippen LogP contribution in [0, 0.1) is 5.82 Å². The molecule has 0 radical (unpaired) electrons. The molecule has 0 aromatic heterocycles. The SMILES string of the molecule is Cl.N[C@@H](c1ccc(Cl)cc1F)[C@H](O)Cc1ccccc1. The summed E-state index contributed by atoms with van der Waals surface area (Å²) in [6.07, 6.45) is -0.470. The molecule has 0 bridgehead atoms. The lowest BCUT2D eigenvalue weighted by Crippen LogP contribution is -2.28. The van der Waals surface area contributed by atoms with Crippen LogP contribution in [-0.4, -0.2) is 11.2 Å². The monoisotopic (exact) mass is 315 g/mol. The van der Waals surface area contributed by atoms with Gasteiger partial charge in [0.2, 0.25) is 0 Å². The summed E-state index contributed by atoms with van der Waals surface area (Å²) < 4.78 is 13.7. The van der Waals surface area contributed by atoms with Crippen LogP contribution in [0.1, 0.15) is 17.2 Å². The molecule has 2 nitrogen and oxygen atoms in total. The minimum Gasteiger partial charge on any atom is -0.391 e. The highest BCUT2D eigenvalue weighted by atomic mass is 35.5. The van der Waals surface area contributed by atoms with Gasteiger partial charge in [-0.2, -0.15) is 0 Å². The highest BCUT2D eigenvalue weighted by Gasteiger charge is 2.20. The summed E-state index contributed by atoms with van der Waals surface area (Å²) in [4.78, 5) is 0. The van der Waals surface area contributed by atoms with Gasteiger partial charge in [-0.3, -0.25) is 0 Å². The van der Waals surface area contributed by atoms with Gasteiger partial charge in [0.25, 0.3) is 0 Å². The van der Waals surface area contributed by atoms with E-state index in [-0.39, 0.29) is 18.0 Å². The molecule has 108 valence electrons. The Morgan fingerprint density at radius 1 is 1.15 bits per heavy atom. The van der Waals surface area contributed by atoms with Gasteiger partial charge in [-0.15, -0.1) is 12.4 Å². The average Bonchev–Trinajstić information content (AvgIpc) is 2.39. The van der Waals surface area contributed by atoms with E-state index in [1.807, 2.05) is 30.3 Å². The summed E-state index contributed by atoms with van der Waals surface area (Å²) in [7, 11) is 0. The number of hydrogen-bond acceptors (Lipinski definition) is 2. The van der Waals surface area contributed by atoms with Crippen molar-refractivity contribution in [1.82, 2.24) is 0 Å². The predicted molar refractivity (Wildman–Crippen MR) is 81.7 cm³/mol. The molecule has 5 heteroatoms. The molecule has 2 aromatic carbocycles. The molecular formula is C15H16Cl2FNO. The normalized spacial score (nSPS) is 13.4. The molecule has 0 amide bonds. The third-order valence-electron chi connectivity index (χ3n) is 3.02. The third-order valence-corrected chi connectivity index (χ3v) is 3.26. The Labute approximate surface area is 128 Å². The van der Waals surface area contributed by atoms with E-state index in [0.717, 1.165) is 5.56 Å². The topological polar surface area (TPSA) is 46.2 Å². The molecule has 0 fully saturated rings. The maximum atomic E-state index is 13.7. The van der Waals surface area contributed by atoms with E-state index in [1.54, 1.807) is 6.07 Å². The number of halogens is 3. The van der Waals surface area contributed by atoms with Crippen molar-refractivity contribution in [2.45, 2.75) is 18.6 Å². The molecule has 0 saturated heterocycles. The van der Waals surface area contributed by atoms with Gasteiger partial charge < -0.3 is 10.8 Å². The Bertz CT molecular complexity index is 551. The van der Waals surface area contributed by atoms with E-state index >= 15 is 0 Å². The summed E-state index contributed by atoms with van der Waals surface area (Å²) in [5.74, 6) is -0.493. The van der Waals surface area contributed by atoms with Crippen LogP contribution >= 0.6 is 24.0 Å². The molecule has 0 saturated carbocycles. The summed E-state index contributed by atoms with van der Waals surface area (Å²) >= 11 is 5.69. The zero-order chi connectivity index (χ0) is 13.8. The van der Waals surface area contributed by atoms with Crippen molar-refractivity contribution in [3.63, 3.8) is 0 Å². The van der Waals surface area contributed by atoms with Crippen LogP contribution < -0.4 is 5.73 Å². The second kappa shape index (κ2) is 7.60. The second-order valence-corrected chi connectivity index (χ2v) is 4.89. The third kappa shape index (κ3) is 4.18. The maximum Gasteiger partial charge on any atom is 0.129 e. The fraction of sp³-hybridized carbons (Fsp3) is 0.200. The van der Waals surface area contributed by atoms with Crippen LogP contribution in [0.2, 0.25) is 5.02 Å². The van der Waals surface area contributed by atoms with Gasteiger partial charge in [-0.25, -0.2) is 4.39 Å². The van der Waals surface area contributed by atoms with Crippen LogP contribution in [-0.2, 0) is 6.42 Å². The molecule has 3 N–H and O–H groups in total. The standard InChI is InChI=1S/C15H15ClFNO.ClH/c16-11-6-7-12(13(17)9-11)15(18)14(19)8-10-4-2-1-3-5-10;/h1-7,9,14-15,19H,8,18H2;1H/t14-,15+;/m1./s1. The van der Waals surface area contributed by atoms with Gasteiger partial charge in [0.15, 0.2) is 0 Å². The highest BCUT2D eigenvalue weighted by molar-refractivity contribution is 6.30. The number of aliphatic hydroxyl groups excluding tert-OH is 1. The van der Waals surface area contributed by atoms with Crippen LogP contribution in [0.4, 0.5) is 4.39 Å². The first-order valence-electron chi connectivity index (χ1n) is 6.00. The molecule has 0 heterocycles. The molecule has 20 heavy (non-hydrogen) atoms. The Morgan fingerprint density at radius 2 is 1.80 bits per heavy atom. The van der Waals surface area contributed by atoms with Crippen LogP contribution in [0.5, 0.6) is 0 Å². The first-order valence-corrected chi connectivity index (χ1v) is 6.38. The van der Waals surface area contributed by atoms with Gasteiger partial charge in [0.05, 0.1) is 12.1 Å². The first-order chi connectivity index (χ1) is 9.08. The average molecular weight is 316 g/mol. The van der Waals surface area contributed by atoms with Crippen molar-refractivity contribution < 1.29 is 9.50 Å². The Hall–Kier alpha value is -1.13. The van der Waals surface area contributed by atoms with Crippen molar-refractivity contribution in [2.75, 3.05) is 0 Å². The lowest BCUT2D eigenvalue weighted by molar-refractivity contribution is 0.143. The maximum absolute atomic E-state index is 13.7. The van der Waals surface area contributed by atoms with Crippen LogP contribution in [0.3, 0.4) is 0 Å². The van der Waals surface area contributed by atoms with Crippen molar-refractivity contribution in [1.29, 1.82) is 0 Å². The zero-order valence-corrected chi connectivity index (χ0v) is 12.2. The summed E-state index contributed by atoms with van der Waals surface area (Å²) in [6, 6.07) is 13.0. The predicted octanol–water partition coefficient (Wildman–Crippen LogP) is 3.50. The van der Waals surface area contributed by atoms with Gasteiger partial charge in [0, 0.05) is 17.0 Å². The first kappa shape index (κ1) is 16.9. The molecule has 0 aliphatic rings. The molecule has 0 aliphatic heterocycles. The number of rotatable bonds is 4. The Balaban J connectivity index is 0.00000200. The zero-order valence-electron chi connectivity index (χ0n) is 10.7. The fourth-order valence-electron chi connectivity index (χ4n) is 1.96. The number of benzene rings is 2. The van der Waals surface area contributed by atoms with Crippen molar-refractivity contribution in [3.05, 3.63) is 70.5 Å². The fourth-order valence-corrected chi connectivity index (χ4v) is 2.12.